The summed E-state index contributed by atoms with van der Waals surface area (Å²) in [6.45, 7) is 1.17. The van der Waals surface area contributed by atoms with Gasteiger partial charge in [-0.05, 0) is 38.1 Å². The molecule has 2 heterocycles. The number of ether oxygens (including phenoxy) is 2. The van der Waals surface area contributed by atoms with Crippen LogP contribution in [0.15, 0.2) is 24.3 Å². The van der Waals surface area contributed by atoms with E-state index in [4.69, 9.17) is 9.47 Å². The predicted octanol–water partition coefficient (Wildman–Crippen LogP) is 2.53. The molecule has 5 rings (SSSR count). The van der Waals surface area contributed by atoms with Gasteiger partial charge in [-0.1, -0.05) is 18.2 Å². The van der Waals surface area contributed by atoms with Gasteiger partial charge in [0.15, 0.2) is 11.5 Å². The van der Waals surface area contributed by atoms with Crippen LogP contribution in [-0.4, -0.2) is 37.7 Å². The van der Waals surface area contributed by atoms with Crippen molar-refractivity contribution in [2.45, 2.75) is 36.8 Å². The quantitative estimate of drug-likeness (QED) is 0.739. The highest BCUT2D eigenvalue weighted by Gasteiger charge is 2.62. The lowest BCUT2D eigenvalue weighted by Gasteiger charge is -2.55. The first-order chi connectivity index (χ1) is 10.3. The van der Waals surface area contributed by atoms with Gasteiger partial charge in [-0.3, -0.25) is 0 Å². The highest BCUT2D eigenvalue weighted by Crippen LogP contribution is 2.62. The van der Waals surface area contributed by atoms with Gasteiger partial charge in [0.25, 0.3) is 0 Å². The Hall–Kier alpha value is -1.48. The second kappa shape index (κ2) is 3.83. The SMILES string of the molecule is COc1ccc2c3c1O[C@H]1CC=CC4C(C2)N(C)CCC341. The predicted molar refractivity (Wildman–Crippen MR) is 81.1 cm³/mol. The molecule has 1 aromatic rings. The molecule has 1 saturated heterocycles. The van der Waals surface area contributed by atoms with Gasteiger partial charge in [0, 0.05) is 29.4 Å². The van der Waals surface area contributed by atoms with E-state index in [0.29, 0.717) is 18.1 Å². The molecule has 110 valence electrons. The van der Waals surface area contributed by atoms with E-state index in [1.165, 1.54) is 24.1 Å². The zero-order valence-corrected chi connectivity index (χ0v) is 12.6. The molecule has 2 aliphatic heterocycles. The van der Waals surface area contributed by atoms with Crippen LogP contribution in [-0.2, 0) is 11.8 Å². The summed E-state index contributed by atoms with van der Waals surface area (Å²) >= 11 is 0. The van der Waals surface area contributed by atoms with Crippen LogP contribution in [0, 0.1) is 5.92 Å². The molecule has 3 heteroatoms. The zero-order chi connectivity index (χ0) is 14.2. The fourth-order valence-corrected chi connectivity index (χ4v) is 5.36. The van der Waals surface area contributed by atoms with Crippen LogP contribution in [0.4, 0.5) is 0 Å². The monoisotopic (exact) mass is 283 g/mol. The first-order valence-electron chi connectivity index (χ1n) is 7.99. The summed E-state index contributed by atoms with van der Waals surface area (Å²) in [5.41, 5.74) is 3.16. The molecule has 2 bridgehead atoms. The third-order valence-corrected chi connectivity index (χ3v) is 6.30. The average Bonchev–Trinajstić information content (AvgIpc) is 2.84. The van der Waals surface area contributed by atoms with E-state index in [0.717, 1.165) is 24.3 Å². The number of benzene rings is 1. The lowest BCUT2D eigenvalue weighted by atomic mass is 9.54. The van der Waals surface area contributed by atoms with Crippen LogP contribution in [0.1, 0.15) is 24.0 Å². The summed E-state index contributed by atoms with van der Waals surface area (Å²) in [6.07, 6.45) is 8.47. The van der Waals surface area contributed by atoms with Gasteiger partial charge in [0.2, 0.25) is 0 Å². The van der Waals surface area contributed by atoms with Crippen molar-refractivity contribution in [2.75, 3.05) is 20.7 Å². The highest BCUT2D eigenvalue weighted by atomic mass is 16.5. The molecule has 0 radical (unpaired) electrons. The van der Waals surface area contributed by atoms with Crippen LogP contribution >= 0.6 is 0 Å². The highest BCUT2D eigenvalue weighted by molar-refractivity contribution is 5.61. The Morgan fingerprint density at radius 2 is 2.29 bits per heavy atom. The number of likely N-dealkylation sites (N-methyl/N-ethyl adjacent to an activating group) is 1. The third-order valence-electron chi connectivity index (χ3n) is 6.30. The van der Waals surface area contributed by atoms with Gasteiger partial charge in [0.1, 0.15) is 6.10 Å². The summed E-state index contributed by atoms with van der Waals surface area (Å²) in [5.74, 6) is 2.54. The van der Waals surface area contributed by atoms with Gasteiger partial charge in [0.05, 0.1) is 7.11 Å². The minimum absolute atomic E-state index is 0.198. The van der Waals surface area contributed by atoms with Gasteiger partial charge in [-0.2, -0.15) is 0 Å². The molecular formula is C18H21NO2. The molecule has 3 nitrogen and oxygen atoms in total. The van der Waals surface area contributed by atoms with Crippen molar-refractivity contribution in [3.05, 3.63) is 35.4 Å². The first-order valence-corrected chi connectivity index (χ1v) is 7.99. The van der Waals surface area contributed by atoms with Crippen LogP contribution in [0.2, 0.25) is 0 Å². The van der Waals surface area contributed by atoms with Crippen molar-refractivity contribution >= 4 is 0 Å². The van der Waals surface area contributed by atoms with E-state index in [1.807, 2.05) is 0 Å². The van der Waals surface area contributed by atoms with Gasteiger partial charge >= 0.3 is 0 Å². The van der Waals surface area contributed by atoms with E-state index in [2.05, 4.69) is 36.2 Å². The van der Waals surface area contributed by atoms with E-state index in [-0.39, 0.29) is 5.41 Å². The summed E-state index contributed by atoms with van der Waals surface area (Å²) in [7, 11) is 4.03. The zero-order valence-electron chi connectivity index (χ0n) is 12.6. The number of hydrogen-bond donors (Lipinski definition) is 0. The summed E-state index contributed by atoms with van der Waals surface area (Å²) in [5, 5.41) is 0. The molecule has 4 aliphatic rings. The number of methoxy groups -OCH3 is 1. The number of rotatable bonds is 1. The Morgan fingerprint density at radius 3 is 3.14 bits per heavy atom. The largest absolute Gasteiger partial charge is 0.493 e. The molecule has 0 N–H and O–H groups in total. The molecule has 0 amide bonds. The second-order valence-corrected chi connectivity index (χ2v) is 6.97. The normalized spacial score (nSPS) is 38.9. The molecule has 4 atom stereocenters. The first kappa shape index (κ1) is 12.1. The topological polar surface area (TPSA) is 21.7 Å². The lowest BCUT2D eigenvalue weighted by Crippen LogP contribution is -2.62. The van der Waals surface area contributed by atoms with Crippen molar-refractivity contribution in [2.24, 2.45) is 5.92 Å². The Morgan fingerprint density at radius 1 is 1.38 bits per heavy atom. The van der Waals surface area contributed by atoms with Gasteiger partial charge < -0.3 is 14.4 Å². The number of hydrogen-bond acceptors (Lipinski definition) is 3. The Balaban J connectivity index is 1.82. The van der Waals surface area contributed by atoms with E-state index >= 15 is 0 Å². The van der Waals surface area contributed by atoms with Gasteiger partial charge in [-0.15, -0.1) is 0 Å². The second-order valence-electron chi connectivity index (χ2n) is 6.97. The smallest absolute Gasteiger partial charge is 0.165 e. The minimum Gasteiger partial charge on any atom is -0.493 e. The summed E-state index contributed by atoms with van der Waals surface area (Å²) in [6, 6.07) is 4.98. The summed E-state index contributed by atoms with van der Waals surface area (Å²) < 4.78 is 12.0. The molecule has 0 aromatic heterocycles. The molecular weight excluding hydrogens is 262 g/mol. The molecule has 2 aliphatic carbocycles. The Labute approximate surface area is 125 Å². The third kappa shape index (κ3) is 1.25. The maximum atomic E-state index is 6.44. The molecule has 3 unspecified atom stereocenters. The van der Waals surface area contributed by atoms with Crippen molar-refractivity contribution in [3.63, 3.8) is 0 Å². The molecule has 21 heavy (non-hydrogen) atoms. The van der Waals surface area contributed by atoms with Crippen molar-refractivity contribution < 1.29 is 9.47 Å². The molecule has 1 spiro atoms. The standard InChI is InChI=1S/C18H21NO2/c1-19-9-8-18-12-4-3-5-15(18)21-17-14(20-2)7-6-11(16(17)18)10-13(12)19/h3-4,6-7,12-13,15H,5,8-10H2,1-2H3/t12?,13?,15-,18?/m0/s1. The van der Waals surface area contributed by atoms with Crippen molar-refractivity contribution in [1.29, 1.82) is 0 Å². The van der Waals surface area contributed by atoms with E-state index in [1.54, 1.807) is 7.11 Å². The molecule has 1 fully saturated rings. The van der Waals surface area contributed by atoms with E-state index < -0.39 is 0 Å². The van der Waals surface area contributed by atoms with Crippen LogP contribution in [0.25, 0.3) is 0 Å². The van der Waals surface area contributed by atoms with E-state index in [9.17, 15) is 0 Å². The average molecular weight is 283 g/mol. The summed E-state index contributed by atoms with van der Waals surface area (Å²) in [4.78, 5) is 2.55. The van der Waals surface area contributed by atoms with Crippen LogP contribution in [0.5, 0.6) is 11.5 Å². The lowest BCUT2D eigenvalue weighted by molar-refractivity contribution is 0.00197. The molecule has 1 aromatic carbocycles. The Bertz CT molecular complexity index is 653. The molecule has 0 saturated carbocycles. The Kier molecular flexibility index (Phi) is 2.21. The van der Waals surface area contributed by atoms with Crippen LogP contribution in [0.3, 0.4) is 0 Å². The number of piperidine rings is 1. The van der Waals surface area contributed by atoms with Crippen molar-refractivity contribution in [3.8, 4) is 11.5 Å². The maximum Gasteiger partial charge on any atom is 0.165 e. The van der Waals surface area contributed by atoms with Crippen LogP contribution < -0.4 is 9.47 Å². The van der Waals surface area contributed by atoms with Crippen molar-refractivity contribution in [1.82, 2.24) is 4.90 Å². The fourth-order valence-electron chi connectivity index (χ4n) is 5.36. The van der Waals surface area contributed by atoms with Gasteiger partial charge in [-0.25, -0.2) is 0 Å². The maximum absolute atomic E-state index is 6.44. The fraction of sp³-hybridized carbons (Fsp3) is 0.556. The minimum atomic E-state index is 0.198. The number of nitrogens with zero attached hydrogens (tertiary/aromatic N) is 1. The number of likely N-dealkylation sites (tertiary alicyclic amines) is 1.